The first-order chi connectivity index (χ1) is 14.1. The Morgan fingerprint density at radius 1 is 1.24 bits per heavy atom. The number of hydrogen-bond donors (Lipinski definition) is 0. The van der Waals surface area contributed by atoms with Gasteiger partial charge in [-0.05, 0) is 24.3 Å². The number of ether oxygens (including phenoxy) is 2. The lowest BCUT2D eigenvalue weighted by Gasteiger charge is -2.39. The Kier molecular flexibility index (Phi) is 5.04. The minimum absolute atomic E-state index is 0.0508. The lowest BCUT2D eigenvalue weighted by Crippen LogP contribution is -2.58. The SMILES string of the molecule is COc1cccc(N2CC(C(=O)N3CC(Oc4ncccc4C#N)C3)CC2=O)c1. The van der Waals surface area contributed by atoms with Gasteiger partial charge in [-0.25, -0.2) is 4.98 Å². The maximum absolute atomic E-state index is 12.8. The van der Waals surface area contributed by atoms with Gasteiger partial charge in [0.25, 0.3) is 0 Å². The fourth-order valence-electron chi connectivity index (χ4n) is 3.58. The summed E-state index contributed by atoms with van der Waals surface area (Å²) >= 11 is 0. The van der Waals surface area contributed by atoms with Crippen molar-refractivity contribution in [1.29, 1.82) is 5.26 Å². The summed E-state index contributed by atoms with van der Waals surface area (Å²) in [6, 6.07) is 12.6. The minimum atomic E-state index is -0.376. The third-order valence-electron chi connectivity index (χ3n) is 5.17. The zero-order valence-corrected chi connectivity index (χ0v) is 15.9. The molecule has 1 unspecified atom stereocenters. The highest BCUT2D eigenvalue weighted by Gasteiger charge is 2.41. The molecule has 2 saturated heterocycles. The second-order valence-electron chi connectivity index (χ2n) is 7.06. The molecular formula is C21H20N4O4. The number of amides is 2. The second-order valence-corrected chi connectivity index (χ2v) is 7.06. The summed E-state index contributed by atoms with van der Waals surface area (Å²) in [7, 11) is 1.57. The Labute approximate surface area is 168 Å². The van der Waals surface area contributed by atoms with Gasteiger partial charge in [0.2, 0.25) is 17.7 Å². The highest BCUT2D eigenvalue weighted by Crippen LogP contribution is 2.30. The molecule has 8 heteroatoms. The number of benzene rings is 1. The molecule has 1 aromatic heterocycles. The second kappa shape index (κ2) is 7.80. The third-order valence-corrected chi connectivity index (χ3v) is 5.17. The summed E-state index contributed by atoms with van der Waals surface area (Å²) in [6.45, 7) is 1.19. The Balaban J connectivity index is 1.34. The molecule has 0 aliphatic carbocycles. The number of anilines is 1. The highest BCUT2D eigenvalue weighted by atomic mass is 16.5. The summed E-state index contributed by atoms with van der Waals surface area (Å²) < 4.78 is 10.9. The quantitative estimate of drug-likeness (QED) is 0.767. The van der Waals surface area contributed by atoms with Gasteiger partial charge in [-0.1, -0.05) is 6.07 Å². The van der Waals surface area contributed by atoms with Gasteiger partial charge in [0.05, 0.1) is 26.1 Å². The van der Waals surface area contributed by atoms with E-state index >= 15 is 0 Å². The molecule has 0 bridgehead atoms. The normalized spacial score (nSPS) is 18.9. The van der Waals surface area contributed by atoms with Crippen molar-refractivity contribution >= 4 is 17.5 Å². The molecular weight excluding hydrogens is 372 g/mol. The highest BCUT2D eigenvalue weighted by molar-refractivity contribution is 6.00. The Morgan fingerprint density at radius 2 is 2.07 bits per heavy atom. The van der Waals surface area contributed by atoms with E-state index in [2.05, 4.69) is 4.98 Å². The molecule has 29 heavy (non-hydrogen) atoms. The number of carbonyl (C=O) groups is 2. The van der Waals surface area contributed by atoms with Crippen LogP contribution in [0.4, 0.5) is 5.69 Å². The number of hydrogen-bond acceptors (Lipinski definition) is 6. The van der Waals surface area contributed by atoms with Gasteiger partial charge in [0.1, 0.15) is 23.5 Å². The average molecular weight is 392 g/mol. The smallest absolute Gasteiger partial charge is 0.232 e. The first kappa shape index (κ1) is 18.7. The zero-order chi connectivity index (χ0) is 20.4. The van der Waals surface area contributed by atoms with Crippen LogP contribution in [0.25, 0.3) is 0 Å². The van der Waals surface area contributed by atoms with E-state index in [9.17, 15) is 9.59 Å². The molecule has 2 aliphatic rings. The van der Waals surface area contributed by atoms with Gasteiger partial charge in [-0.2, -0.15) is 5.26 Å². The summed E-state index contributed by atoms with van der Waals surface area (Å²) in [5.41, 5.74) is 1.10. The van der Waals surface area contributed by atoms with Crippen LogP contribution in [-0.2, 0) is 9.59 Å². The third kappa shape index (κ3) is 3.72. The number of nitriles is 1. The number of pyridine rings is 1. The summed E-state index contributed by atoms with van der Waals surface area (Å²) in [6.07, 6.45) is 1.55. The average Bonchev–Trinajstić information content (AvgIpc) is 3.12. The van der Waals surface area contributed by atoms with Gasteiger partial charge in [-0.3, -0.25) is 9.59 Å². The summed E-state index contributed by atoms with van der Waals surface area (Å²) in [5.74, 6) is 0.452. The van der Waals surface area contributed by atoms with Crippen LogP contribution in [0.3, 0.4) is 0 Å². The van der Waals surface area contributed by atoms with Gasteiger partial charge >= 0.3 is 0 Å². The molecule has 2 aromatic rings. The number of aromatic nitrogens is 1. The lowest BCUT2D eigenvalue weighted by atomic mass is 10.0. The van der Waals surface area contributed by atoms with Crippen LogP contribution in [0, 0.1) is 17.2 Å². The van der Waals surface area contributed by atoms with Crippen LogP contribution in [-0.4, -0.2) is 54.5 Å². The predicted molar refractivity (Wildman–Crippen MR) is 103 cm³/mol. The molecule has 4 rings (SSSR count). The summed E-state index contributed by atoms with van der Waals surface area (Å²) in [5, 5.41) is 9.10. The van der Waals surface area contributed by atoms with Crippen LogP contribution < -0.4 is 14.4 Å². The fourth-order valence-corrected chi connectivity index (χ4v) is 3.58. The summed E-state index contributed by atoms with van der Waals surface area (Å²) in [4.78, 5) is 32.6. The van der Waals surface area contributed by atoms with Crippen molar-refractivity contribution < 1.29 is 19.1 Å². The molecule has 1 aromatic carbocycles. The Morgan fingerprint density at radius 3 is 2.83 bits per heavy atom. The van der Waals surface area contributed by atoms with Gasteiger partial charge < -0.3 is 19.3 Å². The zero-order valence-electron chi connectivity index (χ0n) is 15.9. The number of carbonyl (C=O) groups excluding carboxylic acids is 2. The van der Waals surface area contributed by atoms with E-state index in [0.29, 0.717) is 30.9 Å². The van der Waals surface area contributed by atoms with Gasteiger partial charge in [0.15, 0.2) is 0 Å². The van der Waals surface area contributed by atoms with Crippen molar-refractivity contribution in [2.24, 2.45) is 5.92 Å². The molecule has 0 spiro atoms. The largest absolute Gasteiger partial charge is 0.497 e. The Hall–Kier alpha value is -3.60. The molecule has 3 heterocycles. The van der Waals surface area contributed by atoms with Crippen LogP contribution in [0.2, 0.25) is 0 Å². The van der Waals surface area contributed by atoms with E-state index in [1.54, 1.807) is 41.3 Å². The van der Waals surface area contributed by atoms with E-state index < -0.39 is 0 Å². The van der Waals surface area contributed by atoms with Crippen molar-refractivity contribution in [2.45, 2.75) is 12.5 Å². The molecule has 2 amide bonds. The van der Waals surface area contributed by atoms with Crippen molar-refractivity contribution in [3.63, 3.8) is 0 Å². The number of nitrogens with zero attached hydrogens (tertiary/aromatic N) is 4. The first-order valence-corrected chi connectivity index (χ1v) is 9.34. The van der Waals surface area contributed by atoms with Gasteiger partial charge in [-0.15, -0.1) is 0 Å². The lowest BCUT2D eigenvalue weighted by molar-refractivity contribution is -0.144. The minimum Gasteiger partial charge on any atom is -0.497 e. The van der Waals surface area contributed by atoms with Crippen LogP contribution in [0.15, 0.2) is 42.6 Å². The molecule has 2 aliphatic heterocycles. The van der Waals surface area contributed by atoms with E-state index in [1.807, 2.05) is 24.3 Å². The van der Waals surface area contributed by atoms with Crippen LogP contribution in [0.1, 0.15) is 12.0 Å². The molecule has 0 N–H and O–H groups in total. The van der Waals surface area contributed by atoms with Crippen LogP contribution in [0.5, 0.6) is 11.6 Å². The Bertz CT molecular complexity index is 981. The van der Waals surface area contributed by atoms with Crippen molar-refractivity contribution in [3.05, 3.63) is 48.2 Å². The maximum atomic E-state index is 12.8. The molecule has 1 atom stereocenters. The van der Waals surface area contributed by atoms with Crippen molar-refractivity contribution in [3.8, 4) is 17.7 Å². The fraction of sp³-hybridized carbons (Fsp3) is 0.333. The number of methoxy groups -OCH3 is 1. The van der Waals surface area contributed by atoms with E-state index in [-0.39, 0.29) is 36.1 Å². The standard InChI is InChI=1S/C21H20N4O4/c1-28-17-6-2-5-16(9-17)25-11-15(8-19(25)26)21(27)24-12-18(13-24)29-20-14(10-22)4-3-7-23-20/h2-7,9,15,18H,8,11-13H2,1H3. The maximum Gasteiger partial charge on any atom is 0.232 e. The van der Waals surface area contributed by atoms with E-state index in [0.717, 1.165) is 5.69 Å². The van der Waals surface area contributed by atoms with Crippen molar-refractivity contribution in [2.75, 3.05) is 31.6 Å². The first-order valence-electron chi connectivity index (χ1n) is 9.34. The number of rotatable bonds is 5. The predicted octanol–water partition coefficient (Wildman–Crippen LogP) is 1.60. The molecule has 148 valence electrons. The monoisotopic (exact) mass is 392 g/mol. The van der Waals surface area contributed by atoms with Gasteiger partial charge in [0, 0.05) is 30.9 Å². The topological polar surface area (TPSA) is 95.8 Å². The molecule has 0 radical (unpaired) electrons. The number of likely N-dealkylation sites (tertiary alicyclic amines) is 1. The molecule has 8 nitrogen and oxygen atoms in total. The van der Waals surface area contributed by atoms with E-state index in [1.165, 1.54) is 0 Å². The molecule has 2 fully saturated rings. The molecule has 0 saturated carbocycles. The van der Waals surface area contributed by atoms with Crippen LogP contribution >= 0.6 is 0 Å². The van der Waals surface area contributed by atoms with Crippen molar-refractivity contribution in [1.82, 2.24) is 9.88 Å². The van der Waals surface area contributed by atoms with E-state index in [4.69, 9.17) is 14.7 Å².